The number of rotatable bonds is 6. The Kier molecular flexibility index (Phi) is 8.21. The predicted molar refractivity (Wildman–Crippen MR) is 134 cm³/mol. The Balaban J connectivity index is 1.23. The number of amides is 3. The average Bonchev–Trinajstić information content (AvgIpc) is 3.33. The molecule has 0 saturated carbocycles. The van der Waals surface area contributed by atoms with Crippen LogP contribution in [0.25, 0.3) is 10.4 Å². The number of likely N-dealkylation sites (tertiary alicyclic amines) is 1. The molecule has 8 heteroatoms. The molecule has 0 aliphatic carbocycles. The van der Waals surface area contributed by atoms with Crippen molar-refractivity contribution in [3.8, 4) is 10.4 Å². The lowest BCUT2D eigenvalue weighted by Gasteiger charge is -2.39. The molecular weight excluding hydrogens is 451 g/mol. The van der Waals surface area contributed by atoms with Crippen LogP contribution in [0.4, 0.5) is 9.18 Å². The van der Waals surface area contributed by atoms with Gasteiger partial charge in [-0.15, -0.1) is 11.3 Å². The van der Waals surface area contributed by atoms with Crippen LogP contribution in [0.1, 0.15) is 31.6 Å². The van der Waals surface area contributed by atoms with Crippen LogP contribution in [0.2, 0.25) is 0 Å². The molecule has 3 amide bonds. The smallest absolute Gasteiger partial charge is 0.319 e. The van der Waals surface area contributed by atoms with Crippen molar-refractivity contribution in [2.24, 2.45) is 5.92 Å². The zero-order valence-corrected chi connectivity index (χ0v) is 21.0. The second-order valence-corrected chi connectivity index (χ2v) is 10.2. The number of hydrogen-bond acceptors (Lipinski definition) is 4. The largest absolute Gasteiger partial charge is 0.340 e. The summed E-state index contributed by atoms with van der Waals surface area (Å²) in [6.45, 7) is 10.7. The molecule has 0 radical (unpaired) electrons. The van der Waals surface area contributed by atoms with Crippen LogP contribution >= 0.6 is 11.3 Å². The number of thiophene rings is 1. The standard InChI is InChI=1S/C26H35FN4O2S/c1-3-29(4-2)26(33)31-13-11-20(12-14-31)25(32)30-17-15-28(16-18-30)19-21-9-10-24(34-21)22-7-5-6-8-23(22)27/h5-10,20H,3-4,11-19H2,1-2H3. The number of piperidine rings is 1. The summed E-state index contributed by atoms with van der Waals surface area (Å²) in [7, 11) is 0. The Bertz CT molecular complexity index is 977. The summed E-state index contributed by atoms with van der Waals surface area (Å²) in [5.41, 5.74) is 0.652. The third-order valence-corrected chi connectivity index (χ3v) is 8.12. The summed E-state index contributed by atoms with van der Waals surface area (Å²) < 4.78 is 14.1. The molecule has 34 heavy (non-hydrogen) atoms. The van der Waals surface area contributed by atoms with Gasteiger partial charge in [0, 0.05) is 80.1 Å². The van der Waals surface area contributed by atoms with Crippen molar-refractivity contribution >= 4 is 23.3 Å². The van der Waals surface area contributed by atoms with Crippen LogP contribution < -0.4 is 0 Å². The summed E-state index contributed by atoms with van der Waals surface area (Å²) in [5, 5.41) is 0. The minimum Gasteiger partial charge on any atom is -0.340 e. The minimum atomic E-state index is -0.189. The number of carbonyl (C=O) groups is 2. The molecule has 1 aromatic carbocycles. The first-order valence-electron chi connectivity index (χ1n) is 12.4. The summed E-state index contributed by atoms with van der Waals surface area (Å²) in [5.74, 6) is 0.0757. The first kappa shape index (κ1) is 24.7. The van der Waals surface area contributed by atoms with Gasteiger partial charge in [-0.1, -0.05) is 18.2 Å². The van der Waals surface area contributed by atoms with E-state index in [4.69, 9.17) is 0 Å². The molecule has 0 unspecified atom stereocenters. The molecule has 3 heterocycles. The first-order valence-corrected chi connectivity index (χ1v) is 13.2. The second-order valence-electron chi connectivity index (χ2n) is 9.06. The van der Waals surface area contributed by atoms with Gasteiger partial charge in [-0.3, -0.25) is 9.69 Å². The topological polar surface area (TPSA) is 47.1 Å². The van der Waals surface area contributed by atoms with E-state index in [2.05, 4.69) is 11.0 Å². The van der Waals surface area contributed by atoms with Gasteiger partial charge >= 0.3 is 6.03 Å². The fourth-order valence-electron chi connectivity index (χ4n) is 4.89. The zero-order chi connectivity index (χ0) is 24.1. The van der Waals surface area contributed by atoms with Gasteiger partial charge in [-0.05, 0) is 44.9 Å². The number of carbonyl (C=O) groups excluding carboxylic acids is 2. The third kappa shape index (κ3) is 5.61. The molecule has 0 bridgehead atoms. The van der Waals surface area contributed by atoms with Crippen LogP contribution in [-0.2, 0) is 11.3 Å². The Labute approximate surface area is 205 Å². The molecule has 2 aliphatic rings. The molecule has 2 aliphatic heterocycles. The Morgan fingerprint density at radius 3 is 2.26 bits per heavy atom. The van der Waals surface area contributed by atoms with Crippen molar-refractivity contribution in [3.63, 3.8) is 0 Å². The maximum Gasteiger partial charge on any atom is 0.319 e. The Morgan fingerprint density at radius 1 is 0.941 bits per heavy atom. The van der Waals surface area contributed by atoms with Crippen LogP contribution in [-0.4, -0.2) is 83.9 Å². The molecule has 0 atom stereocenters. The van der Waals surface area contributed by atoms with E-state index in [9.17, 15) is 14.0 Å². The highest BCUT2D eigenvalue weighted by molar-refractivity contribution is 7.15. The lowest BCUT2D eigenvalue weighted by molar-refractivity contribution is -0.138. The van der Waals surface area contributed by atoms with Crippen LogP contribution in [0.5, 0.6) is 0 Å². The SMILES string of the molecule is CCN(CC)C(=O)N1CCC(C(=O)N2CCN(Cc3ccc(-c4ccccc4F)s3)CC2)CC1. The van der Waals surface area contributed by atoms with Gasteiger partial charge in [0.25, 0.3) is 0 Å². The molecule has 4 rings (SSSR count). The first-order chi connectivity index (χ1) is 16.5. The lowest BCUT2D eigenvalue weighted by Crippen LogP contribution is -2.52. The highest BCUT2D eigenvalue weighted by Gasteiger charge is 2.32. The third-order valence-electron chi connectivity index (χ3n) is 7.01. The fourth-order valence-corrected chi connectivity index (χ4v) is 5.96. The van der Waals surface area contributed by atoms with E-state index in [-0.39, 0.29) is 23.7 Å². The maximum atomic E-state index is 14.1. The van der Waals surface area contributed by atoms with Crippen molar-refractivity contribution < 1.29 is 14.0 Å². The number of urea groups is 1. The van der Waals surface area contributed by atoms with Gasteiger partial charge in [0.15, 0.2) is 0 Å². The van der Waals surface area contributed by atoms with Gasteiger partial charge in [0.2, 0.25) is 5.91 Å². The lowest BCUT2D eigenvalue weighted by atomic mass is 9.95. The minimum absolute atomic E-state index is 0.0212. The van der Waals surface area contributed by atoms with Gasteiger partial charge in [0.05, 0.1) is 0 Å². The zero-order valence-electron chi connectivity index (χ0n) is 20.2. The van der Waals surface area contributed by atoms with Gasteiger partial charge < -0.3 is 14.7 Å². The Morgan fingerprint density at radius 2 is 1.62 bits per heavy atom. The van der Waals surface area contributed by atoms with Crippen molar-refractivity contribution in [1.29, 1.82) is 0 Å². The van der Waals surface area contributed by atoms with Gasteiger partial charge in [-0.25, -0.2) is 9.18 Å². The monoisotopic (exact) mass is 486 g/mol. The summed E-state index contributed by atoms with van der Waals surface area (Å²) >= 11 is 1.63. The average molecular weight is 487 g/mol. The van der Waals surface area contributed by atoms with Crippen LogP contribution in [0.15, 0.2) is 36.4 Å². The summed E-state index contributed by atoms with van der Waals surface area (Å²) in [6, 6.07) is 11.1. The Hall–Kier alpha value is -2.45. The van der Waals surface area contributed by atoms with Crippen molar-refractivity contribution in [3.05, 3.63) is 47.1 Å². The fraction of sp³-hybridized carbons (Fsp3) is 0.538. The van der Waals surface area contributed by atoms with E-state index >= 15 is 0 Å². The number of piperazine rings is 1. The highest BCUT2D eigenvalue weighted by atomic mass is 32.1. The summed E-state index contributed by atoms with van der Waals surface area (Å²) in [4.78, 5) is 35.9. The summed E-state index contributed by atoms with van der Waals surface area (Å²) in [6.07, 6.45) is 1.50. The van der Waals surface area contributed by atoms with E-state index in [1.54, 1.807) is 17.4 Å². The van der Waals surface area contributed by atoms with E-state index < -0.39 is 0 Å². The second kappa shape index (κ2) is 11.3. The molecule has 0 N–H and O–H groups in total. The molecular formula is C26H35FN4O2S. The van der Waals surface area contributed by atoms with E-state index in [0.717, 1.165) is 50.4 Å². The van der Waals surface area contributed by atoms with E-state index in [1.807, 2.05) is 46.7 Å². The van der Waals surface area contributed by atoms with E-state index in [1.165, 1.54) is 10.9 Å². The molecule has 1 aromatic heterocycles. The van der Waals surface area contributed by atoms with Crippen molar-refractivity contribution in [1.82, 2.24) is 19.6 Å². The van der Waals surface area contributed by atoms with Gasteiger partial charge in [-0.2, -0.15) is 0 Å². The highest BCUT2D eigenvalue weighted by Crippen LogP contribution is 2.31. The molecule has 2 fully saturated rings. The van der Waals surface area contributed by atoms with Crippen molar-refractivity contribution in [2.75, 3.05) is 52.4 Å². The molecule has 184 valence electrons. The predicted octanol–water partition coefficient (Wildman–Crippen LogP) is 4.37. The molecule has 0 spiro atoms. The normalized spacial score (nSPS) is 17.7. The quantitative estimate of drug-likeness (QED) is 0.609. The number of nitrogens with zero attached hydrogens (tertiary/aromatic N) is 4. The van der Waals surface area contributed by atoms with Crippen molar-refractivity contribution in [2.45, 2.75) is 33.2 Å². The molecule has 2 saturated heterocycles. The van der Waals surface area contributed by atoms with Crippen LogP contribution in [0.3, 0.4) is 0 Å². The van der Waals surface area contributed by atoms with Gasteiger partial charge in [0.1, 0.15) is 5.82 Å². The van der Waals surface area contributed by atoms with E-state index in [0.29, 0.717) is 31.7 Å². The maximum absolute atomic E-state index is 14.1. The number of halogens is 1. The number of hydrogen-bond donors (Lipinski definition) is 0. The number of benzene rings is 1. The van der Waals surface area contributed by atoms with Crippen LogP contribution in [0, 0.1) is 11.7 Å². The molecule has 2 aromatic rings. The molecule has 6 nitrogen and oxygen atoms in total.